The van der Waals surface area contributed by atoms with Gasteiger partial charge in [-0.3, -0.25) is 19.4 Å². The number of thiocarbonyl (C=S) groups is 1. The molecular weight excluding hydrogens is 408 g/mol. The standard InChI is InChI=1S/C22H19ClN2O3S/c1-3-24-20(26)19(6-4-5-15-7-13-18(28-2)14-8-15)21(27)25(22(24)29)17-11-9-16(23)10-12-17/h4-14H,3H2,1-2H3/b5-4+,19-6+. The van der Waals surface area contributed by atoms with Crippen molar-refractivity contribution < 1.29 is 14.3 Å². The molecule has 2 aromatic carbocycles. The molecule has 1 aliphatic rings. The number of benzene rings is 2. The number of nitrogens with zero attached hydrogens (tertiary/aromatic N) is 2. The molecule has 0 atom stereocenters. The Bertz CT molecular complexity index is 998. The maximum absolute atomic E-state index is 13.1. The van der Waals surface area contributed by atoms with Crippen molar-refractivity contribution in [2.45, 2.75) is 6.92 Å². The molecule has 29 heavy (non-hydrogen) atoms. The number of halogens is 1. The summed E-state index contributed by atoms with van der Waals surface area (Å²) in [5.74, 6) is -0.123. The zero-order chi connectivity index (χ0) is 21.0. The molecule has 1 heterocycles. The zero-order valence-electron chi connectivity index (χ0n) is 16.0. The van der Waals surface area contributed by atoms with Crippen molar-refractivity contribution >= 4 is 52.5 Å². The van der Waals surface area contributed by atoms with Crippen LogP contribution in [0, 0.1) is 0 Å². The highest BCUT2D eigenvalue weighted by molar-refractivity contribution is 7.80. The quantitative estimate of drug-likeness (QED) is 0.402. The fourth-order valence-electron chi connectivity index (χ4n) is 2.86. The third kappa shape index (κ3) is 4.39. The number of carbonyl (C=O) groups excluding carboxylic acids is 2. The second-order valence-corrected chi connectivity index (χ2v) is 6.96. The Kier molecular flexibility index (Phi) is 6.46. The molecule has 2 aromatic rings. The van der Waals surface area contributed by atoms with Gasteiger partial charge in [-0.2, -0.15) is 0 Å². The third-order valence-corrected chi connectivity index (χ3v) is 5.05. The first-order valence-electron chi connectivity index (χ1n) is 8.94. The average molecular weight is 427 g/mol. The van der Waals surface area contributed by atoms with Crippen LogP contribution in [0.2, 0.25) is 5.02 Å². The number of ether oxygens (including phenoxy) is 1. The number of allylic oxidation sites excluding steroid dienone is 2. The van der Waals surface area contributed by atoms with Gasteiger partial charge in [-0.25, -0.2) is 0 Å². The normalized spacial score (nSPS) is 16.2. The number of methoxy groups -OCH3 is 1. The zero-order valence-corrected chi connectivity index (χ0v) is 17.5. The van der Waals surface area contributed by atoms with E-state index in [1.165, 1.54) is 15.9 Å². The fraction of sp³-hybridized carbons (Fsp3) is 0.136. The van der Waals surface area contributed by atoms with E-state index in [1.54, 1.807) is 37.5 Å². The SMILES string of the molecule is CCN1C(=O)/C(=C\C=C\c2ccc(OC)cc2)C(=O)N(c2ccc(Cl)cc2)C1=S. The maximum atomic E-state index is 13.1. The minimum atomic E-state index is -0.466. The van der Waals surface area contributed by atoms with E-state index < -0.39 is 11.8 Å². The van der Waals surface area contributed by atoms with Crippen LogP contribution in [0.1, 0.15) is 12.5 Å². The Morgan fingerprint density at radius 3 is 2.28 bits per heavy atom. The van der Waals surface area contributed by atoms with Crippen LogP contribution in [0.5, 0.6) is 5.75 Å². The van der Waals surface area contributed by atoms with Gasteiger partial charge >= 0.3 is 0 Å². The lowest BCUT2D eigenvalue weighted by Crippen LogP contribution is -2.56. The summed E-state index contributed by atoms with van der Waals surface area (Å²) in [4.78, 5) is 28.6. The number of likely N-dealkylation sites (N-methyl/N-ethyl adjacent to an activating group) is 1. The lowest BCUT2D eigenvalue weighted by Gasteiger charge is -2.35. The average Bonchev–Trinajstić information content (AvgIpc) is 2.72. The van der Waals surface area contributed by atoms with Crippen LogP contribution < -0.4 is 9.64 Å². The molecule has 0 aromatic heterocycles. The summed E-state index contributed by atoms with van der Waals surface area (Å²) in [7, 11) is 1.60. The van der Waals surface area contributed by atoms with E-state index in [1.807, 2.05) is 37.3 Å². The molecule has 2 amide bonds. The van der Waals surface area contributed by atoms with Crippen molar-refractivity contribution in [1.29, 1.82) is 0 Å². The lowest BCUT2D eigenvalue weighted by molar-refractivity contribution is -0.127. The predicted octanol–water partition coefficient (Wildman–Crippen LogP) is 4.47. The van der Waals surface area contributed by atoms with Crippen molar-refractivity contribution in [3.8, 4) is 5.75 Å². The summed E-state index contributed by atoms with van der Waals surface area (Å²) in [6.07, 6.45) is 5.00. The fourth-order valence-corrected chi connectivity index (χ4v) is 3.39. The number of hydrogen-bond donors (Lipinski definition) is 0. The number of carbonyl (C=O) groups is 2. The summed E-state index contributed by atoms with van der Waals surface area (Å²) in [5, 5.41) is 0.701. The van der Waals surface area contributed by atoms with Crippen molar-refractivity contribution in [1.82, 2.24) is 4.90 Å². The van der Waals surface area contributed by atoms with Gasteiger partial charge < -0.3 is 4.74 Å². The van der Waals surface area contributed by atoms with Gasteiger partial charge in [0.25, 0.3) is 11.8 Å². The molecule has 7 heteroatoms. The largest absolute Gasteiger partial charge is 0.497 e. The first kappa shape index (κ1) is 20.8. The first-order chi connectivity index (χ1) is 14.0. The van der Waals surface area contributed by atoms with Crippen LogP contribution in [0.4, 0.5) is 5.69 Å². The molecule has 0 aliphatic carbocycles. The first-order valence-corrected chi connectivity index (χ1v) is 9.73. The van der Waals surface area contributed by atoms with Crippen molar-refractivity contribution in [3.63, 3.8) is 0 Å². The minimum Gasteiger partial charge on any atom is -0.497 e. The van der Waals surface area contributed by atoms with Crippen LogP contribution in [-0.4, -0.2) is 35.5 Å². The van der Waals surface area contributed by atoms with E-state index in [-0.39, 0.29) is 10.7 Å². The van der Waals surface area contributed by atoms with Gasteiger partial charge in [0.15, 0.2) is 5.11 Å². The minimum absolute atomic E-state index is 0.0418. The predicted molar refractivity (Wildman–Crippen MR) is 119 cm³/mol. The lowest BCUT2D eigenvalue weighted by atomic mass is 10.1. The molecule has 1 aliphatic heterocycles. The van der Waals surface area contributed by atoms with Crippen molar-refractivity contribution in [2.75, 3.05) is 18.6 Å². The molecule has 0 N–H and O–H groups in total. The van der Waals surface area contributed by atoms with Gasteiger partial charge in [0.05, 0.1) is 12.8 Å². The Labute approximate surface area is 179 Å². The Hall–Kier alpha value is -2.96. The molecule has 0 spiro atoms. The van der Waals surface area contributed by atoms with Crippen LogP contribution in [0.25, 0.3) is 6.08 Å². The molecule has 0 saturated carbocycles. The number of anilines is 1. The Balaban J connectivity index is 1.93. The topological polar surface area (TPSA) is 49.9 Å². The monoisotopic (exact) mass is 426 g/mol. The number of rotatable bonds is 5. The van der Waals surface area contributed by atoms with E-state index in [4.69, 9.17) is 28.6 Å². The van der Waals surface area contributed by atoms with Crippen LogP contribution >= 0.6 is 23.8 Å². The number of hydrogen-bond acceptors (Lipinski definition) is 4. The molecule has 5 nitrogen and oxygen atoms in total. The molecular formula is C22H19ClN2O3S. The smallest absolute Gasteiger partial charge is 0.270 e. The highest BCUT2D eigenvalue weighted by Gasteiger charge is 2.39. The summed E-state index contributed by atoms with van der Waals surface area (Å²) in [5.41, 5.74) is 1.51. The highest BCUT2D eigenvalue weighted by Crippen LogP contribution is 2.26. The maximum Gasteiger partial charge on any atom is 0.270 e. The Morgan fingerprint density at radius 1 is 1.03 bits per heavy atom. The highest BCUT2D eigenvalue weighted by atomic mass is 35.5. The second-order valence-electron chi connectivity index (χ2n) is 6.16. The van der Waals surface area contributed by atoms with E-state index in [2.05, 4.69) is 0 Å². The molecule has 1 fully saturated rings. The van der Waals surface area contributed by atoms with E-state index >= 15 is 0 Å². The van der Waals surface area contributed by atoms with E-state index in [0.29, 0.717) is 17.3 Å². The van der Waals surface area contributed by atoms with Crippen molar-refractivity contribution in [2.24, 2.45) is 0 Å². The summed E-state index contributed by atoms with van der Waals surface area (Å²) >= 11 is 11.4. The molecule has 0 unspecified atom stereocenters. The van der Waals surface area contributed by atoms with Gasteiger partial charge in [-0.15, -0.1) is 0 Å². The summed E-state index contributed by atoms with van der Waals surface area (Å²) < 4.78 is 5.14. The second kappa shape index (κ2) is 9.03. The summed E-state index contributed by atoms with van der Waals surface area (Å²) in [6, 6.07) is 14.2. The molecule has 148 valence electrons. The van der Waals surface area contributed by atoms with Crippen LogP contribution in [0.15, 0.2) is 66.3 Å². The van der Waals surface area contributed by atoms with Gasteiger partial charge in [-0.1, -0.05) is 35.9 Å². The van der Waals surface area contributed by atoms with Crippen molar-refractivity contribution in [3.05, 3.63) is 76.8 Å². The van der Waals surface area contributed by atoms with E-state index in [9.17, 15) is 9.59 Å². The summed E-state index contributed by atoms with van der Waals surface area (Å²) in [6.45, 7) is 2.17. The molecule has 1 saturated heterocycles. The van der Waals surface area contributed by atoms with Gasteiger partial charge in [-0.05, 0) is 67.2 Å². The van der Waals surface area contributed by atoms with Gasteiger partial charge in [0.2, 0.25) is 0 Å². The Morgan fingerprint density at radius 2 is 1.69 bits per heavy atom. The van der Waals surface area contributed by atoms with Gasteiger partial charge in [0.1, 0.15) is 11.3 Å². The van der Waals surface area contributed by atoms with Crippen LogP contribution in [-0.2, 0) is 9.59 Å². The third-order valence-electron chi connectivity index (χ3n) is 4.40. The molecule has 0 bridgehead atoms. The molecule has 0 radical (unpaired) electrons. The van der Waals surface area contributed by atoms with Crippen LogP contribution in [0.3, 0.4) is 0 Å². The molecule has 3 rings (SSSR count). The number of amides is 2. The van der Waals surface area contributed by atoms with E-state index in [0.717, 1.165) is 11.3 Å². The van der Waals surface area contributed by atoms with Gasteiger partial charge in [0, 0.05) is 11.6 Å².